The fourth-order valence-electron chi connectivity index (χ4n) is 3.81. The van der Waals surface area contributed by atoms with Crippen LogP contribution in [0.5, 0.6) is 0 Å². The Morgan fingerprint density at radius 2 is 0.971 bits per heavy atom. The summed E-state index contributed by atoms with van der Waals surface area (Å²) < 4.78 is 35.4. The van der Waals surface area contributed by atoms with E-state index in [4.69, 9.17) is 33.2 Å². The van der Waals surface area contributed by atoms with E-state index in [1.807, 2.05) is 0 Å². The zero-order valence-electron chi connectivity index (χ0n) is 20.7. The van der Waals surface area contributed by atoms with Crippen molar-refractivity contribution in [2.75, 3.05) is 26.4 Å². The molecule has 0 heterocycles. The number of hydrogen-bond acceptors (Lipinski definition) is 11. The van der Waals surface area contributed by atoms with Gasteiger partial charge in [-0.15, -0.1) is 0 Å². The highest BCUT2D eigenvalue weighted by atomic mass is 16.7. The van der Waals surface area contributed by atoms with Crippen molar-refractivity contribution in [1.82, 2.24) is 0 Å². The maximum atomic E-state index is 12.0. The average Bonchev–Trinajstić information content (AvgIpc) is 2.84. The Morgan fingerprint density at radius 1 is 0.600 bits per heavy atom. The van der Waals surface area contributed by atoms with Crippen LogP contribution in [0.25, 0.3) is 0 Å². The van der Waals surface area contributed by atoms with E-state index < -0.39 is 36.5 Å². The predicted octanol–water partition coefficient (Wildman–Crippen LogP) is 3.84. The summed E-state index contributed by atoms with van der Waals surface area (Å²) in [4.78, 5) is 47.3. The van der Waals surface area contributed by atoms with E-state index in [1.54, 1.807) is 0 Å². The Kier molecular flexibility index (Phi) is 13.3. The van der Waals surface area contributed by atoms with Crippen molar-refractivity contribution >= 4 is 24.2 Å². The zero-order chi connectivity index (χ0) is 25.5. The van der Waals surface area contributed by atoms with Crippen molar-refractivity contribution in [2.24, 2.45) is 0 Å². The summed E-state index contributed by atoms with van der Waals surface area (Å²) in [5.74, 6) is -1.18. The van der Waals surface area contributed by atoms with Crippen LogP contribution in [0.3, 0.4) is 0 Å². The summed E-state index contributed by atoms with van der Waals surface area (Å²) in [7, 11) is 0. The Bertz CT molecular complexity index is 612. The van der Waals surface area contributed by atoms with Crippen molar-refractivity contribution in [3.63, 3.8) is 0 Å². The molecule has 0 N–H and O–H groups in total. The van der Waals surface area contributed by atoms with Crippen LogP contribution in [-0.2, 0) is 42.7 Å². The first-order chi connectivity index (χ1) is 16.8. The maximum Gasteiger partial charge on any atom is 0.509 e. The van der Waals surface area contributed by atoms with Crippen LogP contribution < -0.4 is 0 Å². The Labute approximate surface area is 206 Å². The second kappa shape index (κ2) is 16.2. The highest BCUT2D eigenvalue weighted by molar-refractivity contribution is 5.77. The molecule has 0 aromatic rings. The number of ether oxygens (including phenoxy) is 7. The standard InChI is InChI=1S/C24H38O11/c1-17(21(25)34-19-9-5-3-6-10-19)32-23(27)30-15-13-29-14-16-31-24(28)33-18(2)22(26)35-20-11-7-4-8-12-20/h17-20H,3-16H2,1-2H3. The number of carbonyl (C=O) groups is 4. The van der Waals surface area contributed by atoms with Gasteiger partial charge in [0, 0.05) is 0 Å². The molecule has 2 atom stereocenters. The third-order valence-corrected chi connectivity index (χ3v) is 5.78. The molecule has 0 radical (unpaired) electrons. The summed E-state index contributed by atoms with van der Waals surface area (Å²) in [6, 6.07) is 0. The summed E-state index contributed by atoms with van der Waals surface area (Å²) in [6.45, 7) is 2.68. The van der Waals surface area contributed by atoms with E-state index in [-0.39, 0.29) is 38.6 Å². The van der Waals surface area contributed by atoms with Crippen LogP contribution >= 0.6 is 0 Å². The van der Waals surface area contributed by atoms with Crippen LogP contribution in [0, 0.1) is 0 Å². The minimum absolute atomic E-state index is 0.0263. The van der Waals surface area contributed by atoms with Crippen molar-refractivity contribution in [1.29, 1.82) is 0 Å². The monoisotopic (exact) mass is 502 g/mol. The molecular weight excluding hydrogens is 464 g/mol. The fraction of sp³-hybridized carbons (Fsp3) is 0.833. The maximum absolute atomic E-state index is 12.0. The lowest BCUT2D eigenvalue weighted by Crippen LogP contribution is -2.31. The molecule has 2 fully saturated rings. The number of esters is 2. The van der Waals surface area contributed by atoms with Gasteiger partial charge in [0.15, 0.2) is 12.2 Å². The molecule has 11 heteroatoms. The molecule has 0 aliphatic heterocycles. The normalized spacial score (nSPS) is 18.6. The lowest BCUT2D eigenvalue weighted by molar-refractivity contribution is -0.161. The third-order valence-electron chi connectivity index (χ3n) is 5.78. The molecule has 0 saturated heterocycles. The molecule has 200 valence electrons. The van der Waals surface area contributed by atoms with Gasteiger partial charge < -0.3 is 33.2 Å². The molecule has 11 nitrogen and oxygen atoms in total. The average molecular weight is 503 g/mol. The largest absolute Gasteiger partial charge is 0.509 e. The van der Waals surface area contributed by atoms with Gasteiger partial charge in [0.1, 0.15) is 25.4 Å². The fourth-order valence-corrected chi connectivity index (χ4v) is 3.81. The molecular formula is C24H38O11. The molecule has 2 rings (SSSR count). The molecule has 0 spiro atoms. The predicted molar refractivity (Wildman–Crippen MR) is 121 cm³/mol. The molecule has 0 amide bonds. The zero-order valence-corrected chi connectivity index (χ0v) is 20.7. The van der Waals surface area contributed by atoms with Crippen molar-refractivity contribution in [3.8, 4) is 0 Å². The summed E-state index contributed by atoms with van der Waals surface area (Å²) in [5.41, 5.74) is 0. The molecule has 0 bridgehead atoms. The van der Waals surface area contributed by atoms with Gasteiger partial charge in [0.05, 0.1) is 13.2 Å². The highest BCUT2D eigenvalue weighted by Gasteiger charge is 2.26. The van der Waals surface area contributed by atoms with E-state index >= 15 is 0 Å². The Hall–Kier alpha value is -2.56. The van der Waals surface area contributed by atoms with E-state index in [2.05, 4.69) is 0 Å². The van der Waals surface area contributed by atoms with Crippen LogP contribution in [0.4, 0.5) is 9.59 Å². The summed E-state index contributed by atoms with van der Waals surface area (Å²) >= 11 is 0. The SMILES string of the molecule is CC(OC(=O)OCCOCCOC(=O)OC(C)C(=O)OC1CCCCC1)C(=O)OC1CCCCC1. The number of carbonyl (C=O) groups excluding carboxylic acids is 4. The van der Waals surface area contributed by atoms with E-state index in [0.717, 1.165) is 64.2 Å². The van der Waals surface area contributed by atoms with Gasteiger partial charge in [-0.25, -0.2) is 19.2 Å². The minimum Gasteiger partial charge on any atom is -0.460 e. The van der Waals surface area contributed by atoms with E-state index in [1.165, 1.54) is 13.8 Å². The first-order valence-corrected chi connectivity index (χ1v) is 12.5. The van der Waals surface area contributed by atoms with Crippen LogP contribution in [0.2, 0.25) is 0 Å². The Morgan fingerprint density at radius 3 is 1.34 bits per heavy atom. The lowest BCUT2D eigenvalue weighted by atomic mass is 9.98. The van der Waals surface area contributed by atoms with Gasteiger partial charge in [-0.1, -0.05) is 12.8 Å². The first kappa shape index (κ1) is 28.7. The molecule has 2 unspecified atom stereocenters. The highest BCUT2D eigenvalue weighted by Crippen LogP contribution is 2.22. The van der Waals surface area contributed by atoms with Gasteiger partial charge in [0.2, 0.25) is 0 Å². The smallest absolute Gasteiger partial charge is 0.460 e. The topological polar surface area (TPSA) is 133 Å². The summed E-state index contributed by atoms with van der Waals surface area (Å²) in [5, 5.41) is 0. The molecule has 2 saturated carbocycles. The lowest BCUT2D eigenvalue weighted by Gasteiger charge is -2.23. The second-order valence-electron chi connectivity index (χ2n) is 8.72. The van der Waals surface area contributed by atoms with Gasteiger partial charge in [0.25, 0.3) is 0 Å². The quantitative estimate of drug-likeness (QED) is 0.219. The molecule has 0 aromatic carbocycles. The summed E-state index contributed by atoms with van der Waals surface area (Å²) in [6.07, 6.45) is 5.31. The molecule has 0 aromatic heterocycles. The first-order valence-electron chi connectivity index (χ1n) is 12.5. The van der Waals surface area contributed by atoms with E-state index in [0.29, 0.717) is 0 Å². The minimum atomic E-state index is -1.06. The second-order valence-corrected chi connectivity index (χ2v) is 8.72. The van der Waals surface area contributed by atoms with Crippen LogP contribution in [-0.4, -0.2) is 75.1 Å². The third kappa shape index (κ3) is 12.1. The molecule has 35 heavy (non-hydrogen) atoms. The number of rotatable bonds is 12. The van der Waals surface area contributed by atoms with Crippen molar-refractivity contribution < 1.29 is 52.3 Å². The van der Waals surface area contributed by atoms with Gasteiger partial charge in [-0.05, 0) is 65.2 Å². The van der Waals surface area contributed by atoms with Crippen molar-refractivity contribution in [3.05, 3.63) is 0 Å². The van der Waals surface area contributed by atoms with Gasteiger partial charge >= 0.3 is 24.2 Å². The van der Waals surface area contributed by atoms with Gasteiger partial charge in [-0.3, -0.25) is 0 Å². The van der Waals surface area contributed by atoms with E-state index in [9.17, 15) is 19.2 Å². The van der Waals surface area contributed by atoms with Crippen LogP contribution in [0.1, 0.15) is 78.1 Å². The molecule has 2 aliphatic carbocycles. The van der Waals surface area contributed by atoms with Crippen LogP contribution in [0.15, 0.2) is 0 Å². The van der Waals surface area contributed by atoms with Gasteiger partial charge in [-0.2, -0.15) is 0 Å². The Balaban J connectivity index is 1.45. The van der Waals surface area contributed by atoms with Crippen molar-refractivity contribution in [2.45, 2.75) is 102 Å². The molecule has 2 aliphatic rings. The number of hydrogen-bond donors (Lipinski definition) is 0.